The average molecular weight is 225 g/mol. The van der Waals surface area contributed by atoms with Gasteiger partial charge in [0, 0.05) is 13.5 Å². The number of methoxy groups -OCH3 is 1. The summed E-state index contributed by atoms with van der Waals surface area (Å²) in [7, 11) is 1.53. The van der Waals surface area contributed by atoms with E-state index >= 15 is 0 Å². The number of ether oxygens (including phenoxy) is 1. The van der Waals surface area contributed by atoms with Crippen molar-refractivity contribution in [1.29, 1.82) is 0 Å². The van der Waals surface area contributed by atoms with Gasteiger partial charge in [-0.25, -0.2) is 0 Å². The van der Waals surface area contributed by atoms with E-state index in [2.05, 4.69) is 0 Å². The van der Waals surface area contributed by atoms with Crippen molar-refractivity contribution < 1.29 is 17.9 Å². The third-order valence-electron chi connectivity index (χ3n) is 1.89. The average Bonchev–Trinajstić information content (AvgIpc) is 2.12. The summed E-state index contributed by atoms with van der Waals surface area (Å²) in [6.45, 7) is 0.929. The molecular formula is C10H18F3NO. The van der Waals surface area contributed by atoms with E-state index in [1.165, 1.54) is 7.11 Å². The van der Waals surface area contributed by atoms with Gasteiger partial charge in [-0.05, 0) is 31.4 Å². The van der Waals surface area contributed by atoms with Crippen LogP contribution in [0.5, 0.6) is 0 Å². The van der Waals surface area contributed by atoms with Crippen molar-refractivity contribution in [1.82, 2.24) is 0 Å². The third kappa shape index (κ3) is 9.75. The summed E-state index contributed by atoms with van der Waals surface area (Å²) >= 11 is 0. The summed E-state index contributed by atoms with van der Waals surface area (Å²) < 4.78 is 40.5. The smallest absolute Gasteiger partial charge is 0.380 e. The molecule has 0 bridgehead atoms. The van der Waals surface area contributed by atoms with Gasteiger partial charge in [0.2, 0.25) is 0 Å². The normalized spacial score (nSPS) is 13.3. The number of allylic oxidation sites excluding steroid dienone is 1. The molecule has 90 valence electrons. The van der Waals surface area contributed by atoms with Gasteiger partial charge in [0.05, 0.1) is 6.61 Å². The van der Waals surface area contributed by atoms with E-state index in [4.69, 9.17) is 10.5 Å². The first-order valence-corrected chi connectivity index (χ1v) is 4.93. The quantitative estimate of drug-likeness (QED) is 0.676. The molecule has 0 rings (SSSR count). The molecule has 0 aliphatic carbocycles. The van der Waals surface area contributed by atoms with E-state index in [-0.39, 0.29) is 6.42 Å². The van der Waals surface area contributed by atoms with Gasteiger partial charge in [0.25, 0.3) is 0 Å². The Kier molecular flexibility index (Phi) is 7.42. The van der Waals surface area contributed by atoms with Crippen LogP contribution in [0, 0.1) is 0 Å². The standard InChI is InChI=1S/C10H18F3NO/c1-15-8-9(5-3-7-14)4-2-6-10(11,12)13/h4H,2-3,5-8,14H2,1H3. The highest BCUT2D eigenvalue weighted by atomic mass is 19.4. The van der Waals surface area contributed by atoms with Gasteiger partial charge in [-0.3, -0.25) is 0 Å². The Morgan fingerprint density at radius 3 is 2.53 bits per heavy atom. The van der Waals surface area contributed by atoms with Gasteiger partial charge in [0.15, 0.2) is 0 Å². The molecule has 0 radical (unpaired) electrons. The monoisotopic (exact) mass is 225 g/mol. The number of rotatable bonds is 7. The Hall–Kier alpha value is -0.550. The lowest BCUT2D eigenvalue weighted by atomic mass is 10.1. The number of nitrogens with two attached hydrogens (primary N) is 1. The lowest BCUT2D eigenvalue weighted by molar-refractivity contribution is -0.133. The molecule has 2 N–H and O–H groups in total. The highest BCUT2D eigenvalue weighted by Gasteiger charge is 2.25. The van der Waals surface area contributed by atoms with Crippen LogP contribution in [0.25, 0.3) is 0 Å². The van der Waals surface area contributed by atoms with E-state index < -0.39 is 12.6 Å². The van der Waals surface area contributed by atoms with Gasteiger partial charge in [-0.1, -0.05) is 6.08 Å². The first kappa shape index (κ1) is 14.5. The molecule has 0 saturated carbocycles. The number of hydrogen-bond acceptors (Lipinski definition) is 2. The molecule has 2 nitrogen and oxygen atoms in total. The van der Waals surface area contributed by atoms with Crippen LogP contribution in [0.15, 0.2) is 11.6 Å². The molecular weight excluding hydrogens is 207 g/mol. The highest BCUT2D eigenvalue weighted by Crippen LogP contribution is 2.22. The van der Waals surface area contributed by atoms with Crippen molar-refractivity contribution in [3.05, 3.63) is 11.6 Å². The first-order chi connectivity index (χ1) is 6.99. The van der Waals surface area contributed by atoms with E-state index in [0.29, 0.717) is 19.6 Å². The number of halogens is 3. The minimum absolute atomic E-state index is 0.0206. The number of hydrogen-bond donors (Lipinski definition) is 1. The first-order valence-electron chi connectivity index (χ1n) is 4.93. The molecule has 0 spiro atoms. The summed E-state index contributed by atoms with van der Waals surface area (Å²) in [5.41, 5.74) is 6.22. The summed E-state index contributed by atoms with van der Waals surface area (Å²) in [6.07, 6.45) is -1.74. The molecule has 0 heterocycles. The molecule has 0 saturated heterocycles. The van der Waals surface area contributed by atoms with Gasteiger partial charge in [0.1, 0.15) is 0 Å². The fourth-order valence-corrected chi connectivity index (χ4v) is 1.19. The van der Waals surface area contributed by atoms with Crippen LogP contribution in [0.3, 0.4) is 0 Å². The van der Waals surface area contributed by atoms with Crippen LogP contribution >= 0.6 is 0 Å². The molecule has 0 amide bonds. The summed E-state index contributed by atoms with van der Waals surface area (Å²) in [4.78, 5) is 0. The van der Waals surface area contributed by atoms with Gasteiger partial charge >= 0.3 is 6.18 Å². The molecule has 0 atom stereocenters. The second kappa shape index (κ2) is 7.70. The molecule has 0 aromatic carbocycles. The molecule has 15 heavy (non-hydrogen) atoms. The van der Waals surface area contributed by atoms with Gasteiger partial charge < -0.3 is 10.5 Å². The maximum atomic E-state index is 11.9. The SMILES string of the molecule is COCC(=CCCC(F)(F)F)CCCN. The maximum absolute atomic E-state index is 11.9. The molecule has 0 fully saturated rings. The highest BCUT2D eigenvalue weighted by molar-refractivity contribution is 5.02. The zero-order chi connectivity index (χ0) is 11.7. The molecule has 0 aromatic rings. The third-order valence-corrected chi connectivity index (χ3v) is 1.89. The van der Waals surface area contributed by atoms with Crippen molar-refractivity contribution >= 4 is 0 Å². The second-order valence-corrected chi connectivity index (χ2v) is 3.34. The zero-order valence-electron chi connectivity index (χ0n) is 8.94. The number of alkyl halides is 3. The summed E-state index contributed by atoms with van der Waals surface area (Å²) in [5, 5.41) is 0. The Labute approximate surface area is 88.3 Å². The van der Waals surface area contributed by atoms with Crippen molar-refractivity contribution in [2.24, 2.45) is 5.73 Å². The van der Waals surface area contributed by atoms with Gasteiger partial charge in [-0.15, -0.1) is 0 Å². The van der Waals surface area contributed by atoms with E-state index in [9.17, 15) is 13.2 Å². The zero-order valence-corrected chi connectivity index (χ0v) is 8.94. The fraction of sp³-hybridized carbons (Fsp3) is 0.800. The molecule has 5 heteroatoms. The minimum Gasteiger partial charge on any atom is -0.380 e. The lowest BCUT2D eigenvalue weighted by Crippen LogP contribution is -2.06. The Morgan fingerprint density at radius 1 is 1.40 bits per heavy atom. The molecule has 0 aliphatic rings. The molecule has 0 aromatic heterocycles. The van der Waals surface area contributed by atoms with Crippen LogP contribution in [0.4, 0.5) is 13.2 Å². The van der Waals surface area contributed by atoms with Crippen LogP contribution in [0.1, 0.15) is 25.7 Å². The van der Waals surface area contributed by atoms with Crippen molar-refractivity contribution in [3.63, 3.8) is 0 Å². The van der Waals surface area contributed by atoms with E-state index in [1.807, 2.05) is 0 Å². The van der Waals surface area contributed by atoms with Crippen molar-refractivity contribution in [2.75, 3.05) is 20.3 Å². The molecule has 0 unspecified atom stereocenters. The van der Waals surface area contributed by atoms with Crippen LogP contribution in [-0.2, 0) is 4.74 Å². The van der Waals surface area contributed by atoms with Crippen LogP contribution in [0.2, 0.25) is 0 Å². The minimum atomic E-state index is -4.08. The largest absolute Gasteiger partial charge is 0.389 e. The topological polar surface area (TPSA) is 35.2 Å². The lowest BCUT2D eigenvalue weighted by Gasteiger charge is -2.07. The predicted octanol–water partition coefficient (Wildman–Crippen LogP) is 2.64. The van der Waals surface area contributed by atoms with Gasteiger partial charge in [-0.2, -0.15) is 13.2 Å². The Morgan fingerprint density at radius 2 is 2.07 bits per heavy atom. The summed E-state index contributed by atoms with van der Waals surface area (Å²) in [5.74, 6) is 0. The second-order valence-electron chi connectivity index (χ2n) is 3.34. The van der Waals surface area contributed by atoms with Crippen LogP contribution in [-0.4, -0.2) is 26.4 Å². The van der Waals surface area contributed by atoms with Crippen LogP contribution < -0.4 is 5.73 Å². The van der Waals surface area contributed by atoms with Crippen molar-refractivity contribution in [2.45, 2.75) is 31.9 Å². The predicted molar refractivity (Wildman–Crippen MR) is 53.5 cm³/mol. The summed E-state index contributed by atoms with van der Waals surface area (Å²) in [6, 6.07) is 0. The molecule has 0 aliphatic heterocycles. The Balaban J connectivity index is 3.93. The van der Waals surface area contributed by atoms with E-state index in [1.54, 1.807) is 6.08 Å². The fourth-order valence-electron chi connectivity index (χ4n) is 1.19. The van der Waals surface area contributed by atoms with E-state index in [0.717, 1.165) is 12.0 Å². The Bertz CT molecular complexity index is 190. The maximum Gasteiger partial charge on any atom is 0.389 e. The van der Waals surface area contributed by atoms with Crippen molar-refractivity contribution in [3.8, 4) is 0 Å².